The van der Waals surface area contributed by atoms with Crippen molar-refractivity contribution in [2.24, 2.45) is 17.8 Å². The molecule has 0 aromatic heterocycles. The summed E-state index contributed by atoms with van der Waals surface area (Å²) < 4.78 is 15.9. The molecule has 5 atom stereocenters. The lowest BCUT2D eigenvalue weighted by atomic mass is 9.88. The molecule has 104 valence electrons. The molecular weight excluding hydrogens is 248 g/mol. The Bertz CT molecular complexity index is 428. The van der Waals surface area contributed by atoms with Gasteiger partial charge in [-0.15, -0.1) is 0 Å². The van der Waals surface area contributed by atoms with Gasteiger partial charge in [-0.2, -0.15) is 0 Å². The van der Waals surface area contributed by atoms with E-state index >= 15 is 0 Å². The Balaban J connectivity index is 1.51. The van der Waals surface area contributed by atoms with Crippen LogP contribution in [0.5, 0.6) is 0 Å². The molecule has 5 unspecified atom stereocenters. The average molecular weight is 266 g/mol. The summed E-state index contributed by atoms with van der Waals surface area (Å²) in [6, 6.07) is 0. The molecule has 5 heteroatoms. The average Bonchev–Trinajstić information content (AvgIpc) is 2.97. The van der Waals surface area contributed by atoms with Crippen LogP contribution in [-0.2, 0) is 23.8 Å². The van der Waals surface area contributed by atoms with E-state index in [4.69, 9.17) is 14.2 Å². The summed E-state index contributed by atoms with van der Waals surface area (Å²) in [6.07, 6.45) is 2.09. The van der Waals surface area contributed by atoms with E-state index in [1.807, 2.05) is 0 Å². The Hall–Kier alpha value is -1.36. The summed E-state index contributed by atoms with van der Waals surface area (Å²) in [5, 5.41) is 0. The van der Waals surface area contributed by atoms with Crippen LogP contribution in [0.4, 0.5) is 0 Å². The predicted octanol–water partition coefficient (Wildman–Crippen LogP) is 1.07. The first kappa shape index (κ1) is 12.7. The standard InChI is InChI=1S/C14H18O5/c1-7(2)14(16)18-6-11(15)19-12-8-3-9-5-17-13(12)10(9)4-8/h8-10,12-13H,1,3-6H2,2H3. The van der Waals surface area contributed by atoms with Crippen molar-refractivity contribution < 1.29 is 23.8 Å². The molecule has 1 saturated heterocycles. The highest BCUT2D eigenvalue weighted by Crippen LogP contribution is 2.54. The molecule has 0 aromatic carbocycles. The van der Waals surface area contributed by atoms with Gasteiger partial charge in [-0.1, -0.05) is 6.58 Å². The fraction of sp³-hybridized carbons (Fsp3) is 0.714. The first-order chi connectivity index (χ1) is 9.06. The first-order valence-electron chi connectivity index (χ1n) is 6.70. The molecule has 3 fully saturated rings. The molecule has 0 N–H and O–H groups in total. The summed E-state index contributed by atoms with van der Waals surface area (Å²) in [5.74, 6) is 0.566. The minimum Gasteiger partial charge on any atom is -0.457 e. The van der Waals surface area contributed by atoms with E-state index in [9.17, 15) is 9.59 Å². The third-order valence-corrected chi connectivity index (χ3v) is 4.44. The van der Waals surface area contributed by atoms with Crippen molar-refractivity contribution in [2.45, 2.75) is 32.0 Å². The van der Waals surface area contributed by atoms with Gasteiger partial charge in [-0.05, 0) is 37.5 Å². The number of ether oxygens (including phenoxy) is 3. The largest absolute Gasteiger partial charge is 0.457 e. The Kier molecular flexibility index (Phi) is 3.09. The van der Waals surface area contributed by atoms with Crippen LogP contribution in [0.1, 0.15) is 19.8 Å². The van der Waals surface area contributed by atoms with E-state index in [-0.39, 0.29) is 24.4 Å². The third-order valence-electron chi connectivity index (χ3n) is 4.44. The third kappa shape index (κ3) is 2.16. The fourth-order valence-electron chi connectivity index (χ4n) is 3.63. The number of carbonyl (C=O) groups is 2. The summed E-state index contributed by atoms with van der Waals surface area (Å²) in [6.45, 7) is 5.43. The van der Waals surface area contributed by atoms with Gasteiger partial charge in [0, 0.05) is 5.57 Å². The van der Waals surface area contributed by atoms with Gasteiger partial charge in [0.25, 0.3) is 0 Å². The normalized spacial score (nSPS) is 38.3. The van der Waals surface area contributed by atoms with Crippen molar-refractivity contribution >= 4 is 11.9 Å². The second-order valence-corrected chi connectivity index (χ2v) is 5.76. The highest BCUT2D eigenvalue weighted by atomic mass is 16.6. The zero-order valence-corrected chi connectivity index (χ0v) is 11.0. The van der Waals surface area contributed by atoms with Gasteiger partial charge in [0.2, 0.25) is 0 Å². The SMILES string of the molecule is C=C(C)C(=O)OCC(=O)OC1C2CC3COC1C3C2. The number of hydrogen-bond donors (Lipinski definition) is 0. The minimum absolute atomic E-state index is 0.0598. The van der Waals surface area contributed by atoms with Crippen LogP contribution in [0.25, 0.3) is 0 Å². The van der Waals surface area contributed by atoms with Gasteiger partial charge in [-0.25, -0.2) is 9.59 Å². The van der Waals surface area contributed by atoms with Gasteiger partial charge in [0.1, 0.15) is 6.10 Å². The zero-order valence-electron chi connectivity index (χ0n) is 11.0. The van der Waals surface area contributed by atoms with Gasteiger partial charge >= 0.3 is 11.9 Å². The Morgan fingerprint density at radius 1 is 1.32 bits per heavy atom. The van der Waals surface area contributed by atoms with Gasteiger partial charge < -0.3 is 14.2 Å². The topological polar surface area (TPSA) is 61.8 Å². The maximum Gasteiger partial charge on any atom is 0.344 e. The molecule has 0 aromatic rings. The Morgan fingerprint density at radius 2 is 2.11 bits per heavy atom. The molecule has 2 bridgehead atoms. The number of carbonyl (C=O) groups excluding carboxylic acids is 2. The second kappa shape index (κ2) is 4.63. The lowest BCUT2D eigenvalue weighted by Gasteiger charge is -2.26. The van der Waals surface area contributed by atoms with Crippen LogP contribution < -0.4 is 0 Å². The van der Waals surface area contributed by atoms with Crippen LogP contribution in [0.3, 0.4) is 0 Å². The molecule has 3 aliphatic rings. The van der Waals surface area contributed by atoms with Crippen LogP contribution in [-0.4, -0.2) is 37.4 Å². The maximum atomic E-state index is 11.7. The molecule has 5 nitrogen and oxygen atoms in total. The van der Waals surface area contributed by atoms with Crippen LogP contribution in [0.15, 0.2) is 12.2 Å². The molecule has 0 amide bonds. The van der Waals surface area contributed by atoms with Gasteiger partial charge in [0.05, 0.1) is 12.7 Å². The van der Waals surface area contributed by atoms with Gasteiger partial charge in [-0.3, -0.25) is 0 Å². The molecule has 1 aliphatic heterocycles. The smallest absolute Gasteiger partial charge is 0.344 e. The lowest BCUT2D eigenvalue weighted by molar-refractivity contribution is -0.166. The van der Waals surface area contributed by atoms with E-state index < -0.39 is 11.9 Å². The van der Waals surface area contributed by atoms with Crippen molar-refractivity contribution in [3.05, 3.63) is 12.2 Å². The summed E-state index contributed by atoms with van der Waals surface area (Å²) in [4.78, 5) is 22.9. The van der Waals surface area contributed by atoms with Crippen molar-refractivity contribution in [3.63, 3.8) is 0 Å². The Morgan fingerprint density at radius 3 is 2.84 bits per heavy atom. The van der Waals surface area contributed by atoms with Crippen LogP contribution in [0, 0.1) is 17.8 Å². The second-order valence-electron chi connectivity index (χ2n) is 5.76. The first-order valence-corrected chi connectivity index (χ1v) is 6.70. The molecule has 19 heavy (non-hydrogen) atoms. The molecule has 0 spiro atoms. The van der Waals surface area contributed by atoms with Crippen molar-refractivity contribution in [1.29, 1.82) is 0 Å². The molecule has 0 radical (unpaired) electrons. The predicted molar refractivity (Wildman–Crippen MR) is 65.1 cm³/mol. The highest BCUT2D eigenvalue weighted by molar-refractivity contribution is 5.88. The quantitative estimate of drug-likeness (QED) is 0.562. The number of fused-ring (bicyclic) bond motifs is 1. The van der Waals surface area contributed by atoms with Crippen molar-refractivity contribution in [3.8, 4) is 0 Å². The Labute approximate surface area is 111 Å². The van der Waals surface area contributed by atoms with E-state index in [2.05, 4.69) is 6.58 Å². The number of rotatable bonds is 4. The van der Waals surface area contributed by atoms with E-state index in [1.165, 1.54) is 6.92 Å². The fourth-order valence-corrected chi connectivity index (χ4v) is 3.63. The van der Waals surface area contributed by atoms with Gasteiger partial charge in [0.15, 0.2) is 6.61 Å². The highest BCUT2D eigenvalue weighted by Gasteiger charge is 2.58. The monoisotopic (exact) mass is 266 g/mol. The molecule has 3 rings (SSSR count). The minimum atomic E-state index is -0.568. The van der Waals surface area contributed by atoms with Crippen LogP contribution >= 0.6 is 0 Å². The van der Waals surface area contributed by atoms with E-state index in [1.54, 1.807) is 0 Å². The van der Waals surface area contributed by atoms with Crippen molar-refractivity contribution in [2.75, 3.05) is 13.2 Å². The summed E-state index contributed by atoms with van der Waals surface area (Å²) >= 11 is 0. The van der Waals surface area contributed by atoms with Crippen LogP contribution in [0.2, 0.25) is 0 Å². The molecule has 2 aliphatic carbocycles. The number of esters is 2. The van der Waals surface area contributed by atoms with E-state index in [0.717, 1.165) is 19.4 Å². The summed E-state index contributed by atoms with van der Waals surface area (Å²) in [7, 11) is 0. The molecular formula is C14H18O5. The van der Waals surface area contributed by atoms with Crippen molar-refractivity contribution in [1.82, 2.24) is 0 Å². The van der Waals surface area contributed by atoms with E-state index in [0.29, 0.717) is 17.8 Å². The molecule has 2 saturated carbocycles. The molecule has 1 heterocycles. The number of hydrogen-bond acceptors (Lipinski definition) is 5. The summed E-state index contributed by atoms with van der Waals surface area (Å²) in [5.41, 5.74) is 0.273. The maximum absolute atomic E-state index is 11.7. The lowest BCUT2D eigenvalue weighted by Crippen LogP contribution is -2.37. The zero-order chi connectivity index (χ0) is 13.6.